The lowest BCUT2D eigenvalue weighted by Gasteiger charge is -2.34. The number of aliphatic carboxylic acids is 1. The number of carbonyl (C=O) groups is 1. The number of nitrogens with zero attached hydrogens (tertiary/aromatic N) is 6. The lowest BCUT2D eigenvalue weighted by atomic mass is 9.96. The highest BCUT2D eigenvalue weighted by Gasteiger charge is 2.30. The minimum atomic E-state index is -3.05. The van der Waals surface area contributed by atoms with Crippen molar-refractivity contribution in [2.45, 2.75) is 38.8 Å². The summed E-state index contributed by atoms with van der Waals surface area (Å²) in [7, 11) is 2.09. The number of alkyl halides is 2. The molecule has 4 bridgehead atoms. The van der Waals surface area contributed by atoms with E-state index in [4.69, 9.17) is 35.3 Å². The number of likely N-dealkylation sites (N-methyl/N-ethyl adjacent to an activating group) is 1. The van der Waals surface area contributed by atoms with Gasteiger partial charge in [-0.1, -0.05) is 41.9 Å². The smallest absolute Gasteiger partial charge is 0.387 e. The van der Waals surface area contributed by atoms with E-state index in [1.165, 1.54) is 42.1 Å². The van der Waals surface area contributed by atoms with Crippen LogP contribution in [0.1, 0.15) is 16.8 Å². The first kappa shape index (κ1) is 44.7. The van der Waals surface area contributed by atoms with Crippen LogP contribution < -0.4 is 23.7 Å². The van der Waals surface area contributed by atoms with Crippen molar-refractivity contribution in [1.82, 2.24) is 29.7 Å². The van der Waals surface area contributed by atoms with Crippen LogP contribution in [0.2, 0.25) is 5.02 Å². The third-order valence-electron chi connectivity index (χ3n) is 11.4. The molecule has 1 saturated heterocycles. The predicted molar refractivity (Wildman–Crippen MR) is 242 cm³/mol. The van der Waals surface area contributed by atoms with Crippen LogP contribution in [0.15, 0.2) is 97.5 Å². The van der Waals surface area contributed by atoms with Crippen LogP contribution in [-0.2, 0) is 17.8 Å². The molecule has 0 amide bonds. The Morgan fingerprint density at radius 2 is 1.76 bits per heavy atom. The standard InChI is InChI=1S/C48H42ClF3N6O7S/c1-27-34-12-14-38(42(27)49)63-33(23-58-19-17-57(2)18-20-58)25-61-32-11-13-36(62-24-31-15-16-53-44(56-31)35-5-3-4-6-37(35)65-48(51)52)29(21-32)22-39(47(59)60)64-45-41-40(34)43(66-46(41)55-26-54-45)28-7-9-30(50)10-8-28/h3-16,21,26,33,39,48H,17-20,22-25H2,1-2H3,(H,59,60)/t33-,39-/m1/s1. The van der Waals surface area contributed by atoms with E-state index in [1.54, 1.807) is 54.6 Å². The van der Waals surface area contributed by atoms with Crippen molar-refractivity contribution in [2.75, 3.05) is 46.4 Å². The Balaban J connectivity index is 1.12. The van der Waals surface area contributed by atoms with Crippen molar-refractivity contribution < 1.29 is 46.8 Å². The Morgan fingerprint density at radius 1 is 0.955 bits per heavy atom. The Labute approximate surface area is 386 Å². The number of piperazine rings is 1. The van der Waals surface area contributed by atoms with E-state index in [0.29, 0.717) is 72.5 Å². The Hall–Kier alpha value is -6.53. The maximum absolute atomic E-state index is 14.3. The maximum atomic E-state index is 14.3. The number of aromatic nitrogens is 4. The molecule has 6 heterocycles. The van der Waals surface area contributed by atoms with Crippen molar-refractivity contribution in [3.8, 4) is 61.8 Å². The average molecular weight is 939 g/mol. The number of hydrogen-bond donors (Lipinski definition) is 1. The monoisotopic (exact) mass is 938 g/mol. The van der Waals surface area contributed by atoms with Crippen molar-refractivity contribution in [1.29, 1.82) is 0 Å². The van der Waals surface area contributed by atoms with Crippen LogP contribution in [0.3, 0.4) is 0 Å². The van der Waals surface area contributed by atoms with Gasteiger partial charge >= 0.3 is 12.6 Å². The highest BCUT2D eigenvalue weighted by molar-refractivity contribution is 7.22. The van der Waals surface area contributed by atoms with Crippen LogP contribution in [0.4, 0.5) is 13.2 Å². The van der Waals surface area contributed by atoms with Crippen LogP contribution >= 0.6 is 22.9 Å². The van der Waals surface area contributed by atoms with E-state index in [2.05, 4.69) is 36.8 Å². The lowest BCUT2D eigenvalue weighted by Crippen LogP contribution is -2.49. The third-order valence-corrected chi connectivity index (χ3v) is 13.0. The van der Waals surface area contributed by atoms with E-state index in [-0.39, 0.29) is 42.7 Å². The van der Waals surface area contributed by atoms with Gasteiger partial charge in [0.2, 0.25) is 12.0 Å². The molecule has 66 heavy (non-hydrogen) atoms. The molecule has 13 nitrogen and oxygen atoms in total. The van der Waals surface area contributed by atoms with Gasteiger partial charge in [-0.15, -0.1) is 11.3 Å². The Kier molecular flexibility index (Phi) is 13.2. The van der Waals surface area contributed by atoms with Gasteiger partial charge in [0.05, 0.1) is 21.7 Å². The second kappa shape index (κ2) is 19.5. The largest absolute Gasteiger partial charge is 0.490 e. The zero-order valence-corrected chi connectivity index (χ0v) is 37.2. The summed E-state index contributed by atoms with van der Waals surface area (Å²) < 4.78 is 71.4. The van der Waals surface area contributed by atoms with Gasteiger partial charge in [0.25, 0.3) is 0 Å². The summed E-state index contributed by atoms with van der Waals surface area (Å²) in [5, 5.41) is 11.6. The zero-order chi connectivity index (χ0) is 45.9. The first-order valence-corrected chi connectivity index (χ1v) is 22.2. The number of halogens is 4. The summed E-state index contributed by atoms with van der Waals surface area (Å²) in [6.07, 6.45) is 0.597. The number of thiophene rings is 1. The van der Waals surface area contributed by atoms with Gasteiger partial charge in [0, 0.05) is 61.3 Å². The number of hydrogen-bond acceptors (Lipinski definition) is 13. The van der Waals surface area contributed by atoms with Crippen LogP contribution in [-0.4, -0.2) is 106 Å². The van der Waals surface area contributed by atoms with E-state index in [0.717, 1.165) is 31.1 Å². The molecule has 10 rings (SSSR count). The van der Waals surface area contributed by atoms with Gasteiger partial charge in [-0.05, 0) is 85.3 Å². The normalized spacial score (nSPS) is 16.9. The second-order valence-corrected chi connectivity index (χ2v) is 17.2. The molecule has 18 heteroatoms. The van der Waals surface area contributed by atoms with Gasteiger partial charge < -0.3 is 33.7 Å². The maximum Gasteiger partial charge on any atom is 0.387 e. The number of carboxylic acids is 1. The summed E-state index contributed by atoms with van der Waals surface area (Å²) in [4.78, 5) is 37.0. The fourth-order valence-corrected chi connectivity index (χ4v) is 9.32. The molecule has 0 unspecified atom stereocenters. The highest BCUT2D eigenvalue weighted by atomic mass is 35.5. The number of rotatable bonds is 10. The lowest BCUT2D eigenvalue weighted by molar-refractivity contribution is -0.145. The molecule has 3 aromatic heterocycles. The summed E-state index contributed by atoms with van der Waals surface area (Å²) in [5.41, 5.74) is 3.80. The van der Waals surface area contributed by atoms with E-state index in [1.807, 2.05) is 19.1 Å². The van der Waals surface area contributed by atoms with E-state index in [9.17, 15) is 23.1 Å². The van der Waals surface area contributed by atoms with E-state index >= 15 is 0 Å². The van der Waals surface area contributed by atoms with Crippen molar-refractivity contribution >= 4 is 39.1 Å². The number of fused-ring (bicyclic) bond motifs is 7. The van der Waals surface area contributed by atoms with Crippen molar-refractivity contribution in [3.63, 3.8) is 0 Å². The summed E-state index contributed by atoms with van der Waals surface area (Å²) in [6, 6.07) is 22.7. The molecule has 0 aliphatic carbocycles. The van der Waals surface area contributed by atoms with Crippen LogP contribution in [0.5, 0.6) is 28.9 Å². The van der Waals surface area contributed by atoms with Crippen molar-refractivity contribution in [2.24, 2.45) is 0 Å². The molecule has 0 saturated carbocycles. The topological polar surface area (TPSA) is 141 Å². The minimum Gasteiger partial charge on any atom is -0.490 e. The number of carboxylic acid groups (broad SMARTS) is 1. The number of para-hydroxylation sites is 1. The zero-order valence-electron chi connectivity index (χ0n) is 35.6. The molecule has 7 aromatic rings. The SMILES string of the molecule is Cc1c2ccc(c1Cl)O[C@H](CN1CCN(C)CC1)COc1ccc(OCc3ccnc(-c4ccccc4OC(F)F)n3)c(c1)C[C@H](C(=O)O)Oc1ncnc3sc(-c4ccc(F)cc4)c-2c13. The summed E-state index contributed by atoms with van der Waals surface area (Å²) >= 11 is 8.54. The summed E-state index contributed by atoms with van der Waals surface area (Å²) in [6.45, 7) is 2.84. The minimum absolute atomic E-state index is 0.0129. The van der Waals surface area contributed by atoms with Crippen molar-refractivity contribution in [3.05, 3.63) is 125 Å². The molecule has 4 aromatic carbocycles. The fourth-order valence-electron chi connectivity index (χ4n) is 7.96. The van der Waals surface area contributed by atoms with Crippen LogP contribution in [0.25, 0.3) is 43.2 Å². The fraction of sp³-hybridized carbons (Fsp3) is 0.271. The highest BCUT2D eigenvalue weighted by Crippen LogP contribution is 2.50. The molecule has 0 radical (unpaired) electrons. The summed E-state index contributed by atoms with van der Waals surface area (Å²) in [5.74, 6) is -0.423. The predicted octanol–water partition coefficient (Wildman–Crippen LogP) is 9.23. The molecule has 2 atom stereocenters. The Bertz CT molecular complexity index is 2880. The number of ether oxygens (including phenoxy) is 5. The molecular formula is C48H42ClF3N6O7S. The number of benzene rings is 4. The Morgan fingerprint density at radius 3 is 2.55 bits per heavy atom. The quantitative estimate of drug-likeness (QED) is 0.139. The first-order valence-electron chi connectivity index (χ1n) is 21.0. The molecule has 1 N–H and O–H groups in total. The van der Waals surface area contributed by atoms with Gasteiger partial charge in [0.1, 0.15) is 59.3 Å². The molecule has 3 aliphatic heterocycles. The first-order chi connectivity index (χ1) is 32.0. The van der Waals surface area contributed by atoms with E-state index < -0.39 is 30.6 Å². The molecule has 3 aliphatic rings. The van der Waals surface area contributed by atoms with Gasteiger partial charge in [-0.2, -0.15) is 8.78 Å². The average Bonchev–Trinajstić information content (AvgIpc) is 3.70. The molecule has 0 spiro atoms. The molecular weight excluding hydrogens is 897 g/mol. The van der Waals surface area contributed by atoms with Gasteiger partial charge in [-0.25, -0.2) is 29.1 Å². The van der Waals surface area contributed by atoms with Gasteiger partial charge in [-0.3, -0.25) is 4.90 Å². The molecule has 1 fully saturated rings. The second-order valence-electron chi connectivity index (χ2n) is 15.8. The van der Waals surface area contributed by atoms with Gasteiger partial charge in [0.15, 0.2) is 5.82 Å². The third kappa shape index (κ3) is 9.84. The van der Waals surface area contributed by atoms with Crippen LogP contribution in [0, 0.1) is 12.7 Å². The molecule has 340 valence electrons.